The Balaban J connectivity index is 1.54. The molecule has 1 aliphatic rings. The fourth-order valence-electron chi connectivity index (χ4n) is 3.49. The highest BCUT2D eigenvalue weighted by atomic mass is 16.7. The predicted octanol–water partition coefficient (Wildman–Crippen LogP) is 2.48. The Morgan fingerprint density at radius 2 is 1.85 bits per heavy atom. The zero-order chi connectivity index (χ0) is 19.0. The van der Waals surface area contributed by atoms with Crippen LogP contribution in [0.3, 0.4) is 0 Å². The highest BCUT2D eigenvalue weighted by molar-refractivity contribution is 6.06. The molecule has 0 N–H and O–H groups in total. The van der Waals surface area contributed by atoms with Gasteiger partial charge in [-0.05, 0) is 38.1 Å². The van der Waals surface area contributed by atoms with Crippen molar-refractivity contribution < 1.29 is 9.63 Å². The van der Waals surface area contributed by atoms with Crippen LogP contribution in [0.1, 0.15) is 21.7 Å². The number of carbonyl (C=O) groups excluding carboxylic acids is 1. The van der Waals surface area contributed by atoms with Crippen LogP contribution in [-0.2, 0) is 11.9 Å². The normalized spacial score (nSPS) is 15.2. The van der Waals surface area contributed by atoms with Gasteiger partial charge in [0.15, 0.2) is 0 Å². The molecular formula is C20H23N5O2. The summed E-state index contributed by atoms with van der Waals surface area (Å²) in [7, 11) is 1.98. The third-order valence-electron chi connectivity index (χ3n) is 4.82. The Morgan fingerprint density at radius 1 is 1.07 bits per heavy atom. The molecule has 0 saturated carbocycles. The molecule has 0 spiro atoms. The van der Waals surface area contributed by atoms with Crippen LogP contribution in [0.5, 0.6) is 0 Å². The summed E-state index contributed by atoms with van der Waals surface area (Å²) >= 11 is 0. The zero-order valence-electron chi connectivity index (χ0n) is 15.8. The first-order chi connectivity index (χ1) is 13.0. The SMILES string of the molecule is Cc1cc(C)nc(N2CCN(C(=O)c3cccc4c3ccn4C)CCO2)n1. The van der Waals surface area contributed by atoms with Crippen molar-refractivity contribution in [3.05, 3.63) is 53.5 Å². The molecular weight excluding hydrogens is 342 g/mol. The van der Waals surface area contributed by atoms with Crippen molar-refractivity contribution in [3.8, 4) is 0 Å². The van der Waals surface area contributed by atoms with Gasteiger partial charge in [0, 0.05) is 54.2 Å². The second-order valence-electron chi connectivity index (χ2n) is 6.84. The number of fused-ring (bicyclic) bond motifs is 1. The lowest BCUT2D eigenvalue weighted by Gasteiger charge is -2.21. The van der Waals surface area contributed by atoms with Crippen molar-refractivity contribution in [2.45, 2.75) is 13.8 Å². The lowest BCUT2D eigenvalue weighted by molar-refractivity contribution is 0.0731. The van der Waals surface area contributed by atoms with Crippen molar-refractivity contribution in [2.75, 3.05) is 31.3 Å². The third kappa shape index (κ3) is 3.38. The predicted molar refractivity (Wildman–Crippen MR) is 104 cm³/mol. The number of benzene rings is 1. The van der Waals surface area contributed by atoms with E-state index in [0.29, 0.717) is 32.2 Å². The van der Waals surface area contributed by atoms with E-state index in [4.69, 9.17) is 4.84 Å². The Kier molecular flexibility index (Phi) is 4.53. The largest absolute Gasteiger partial charge is 0.351 e. The fraction of sp³-hybridized carbons (Fsp3) is 0.350. The van der Waals surface area contributed by atoms with Gasteiger partial charge in [-0.2, -0.15) is 0 Å². The average molecular weight is 365 g/mol. The molecule has 3 aromatic rings. The average Bonchev–Trinajstić information content (AvgIpc) is 2.87. The van der Waals surface area contributed by atoms with E-state index < -0.39 is 0 Å². The number of carbonyl (C=O) groups is 1. The molecule has 0 radical (unpaired) electrons. The molecule has 7 heteroatoms. The summed E-state index contributed by atoms with van der Waals surface area (Å²) in [5, 5.41) is 2.67. The maximum Gasteiger partial charge on any atom is 0.254 e. The smallest absolute Gasteiger partial charge is 0.254 e. The fourth-order valence-corrected chi connectivity index (χ4v) is 3.49. The molecule has 0 atom stereocenters. The second kappa shape index (κ2) is 7.00. The summed E-state index contributed by atoms with van der Waals surface area (Å²) in [5.41, 5.74) is 3.57. The Bertz CT molecular complexity index is 977. The number of amides is 1. The van der Waals surface area contributed by atoms with Gasteiger partial charge < -0.3 is 9.47 Å². The summed E-state index contributed by atoms with van der Waals surface area (Å²) < 4.78 is 2.02. The maximum atomic E-state index is 13.1. The molecule has 1 aromatic carbocycles. The van der Waals surface area contributed by atoms with Crippen LogP contribution in [0.4, 0.5) is 5.95 Å². The van der Waals surface area contributed by atoms with E-state index in [1.807, 2.05) is 66.9 Å². The molecule has 1 amide bonds. The molecule has 27 heavy (non-hydrogen) atoms. The van der Waals surface area contributed by atoms with E-state index >= 15 is 0 Å². The number of rotatable bonds is 2. The molecule has 1 saturated heterocycles. The topological polar surface area (TPSA) is 63.5 Å². The summed E-state index contributed by atoms with van der Waals surface area (Å²) in [5.74, 6) is 0.575. The van der Waals surface area contributed by atoms with Gasteiger partial charge in [0.05, 0.1) is 13.2 Å². The van der Waals surface area contributed by atoms with Crippen LogP contribution >= 0.6 is 0 Å². The van der Waals surface area contributed by atoms with E-state index in [1.54, 1.807) is 5.06 Å². The van der Waals surface area contributed by atoms with Gasteiger partial charge in [0.25, 0.3) is 5.91 Å². The third-order valence-corrected chi connectivity index (χ3v) is 4.82. The monoisotopic (exact) mass is 365 g/mol. The van der Waals surface area contributed by atoms with Gasteiger partial charge in [-0.1, -0.05) is 6.07 Å². The maximum absolute atomic E-state index is 13.1. The molecule has 4 rings (SSSR count). The summed E-state index contributed by atoms with van der Waals surface area (Å²) in [6.45, 7) is 5.90. The van der Waals surface area contributed by atoms with Crippen LogP contribution in [0, 0.1) is 13.8 Å². The van der Waals surface area contributed by atoms with Crippen molar-refractivity contribution in [1.82, 2.24) is 19.4 Å². The lowest BCUT2D eigenvalue weighted by Crippen LogP contribution is -2.35. The van der Waals surface area contributed by atoms with Crippen molar-refractivity contribution in [2.24, 2.45) is 7.05 Å². The molecule has 0 aliphatic carbocycles. The van der Waals surface area contributed by atoms with Gasteiger partial charge in [-0.25, -0.2) is 15.0 Å². The highest BCUT2D eigenvalue weighted by Crippen LogP contribution is 2.22. The Morgan fingerprint density at radius 3 is 2.63 bits per heavy atom. The number of hydroxylamine groups is 1. The number of anilines is 1. The summed E-state index contributed by atoms with van der Waals surface area (Å²) in [6, 6.07) is 9.77. The van der Waals surface area contributed by atoms with Crippen LogP contribution in [0.2, 0.25) is 0 Å². The van der Waals surface area contributed by atoms with Crippen LogP contribution in [0.15, 0.2) is 36.5 Å². The Hall–Kier alpha value is -2.93. The molecule has 1 fully saturated rings. The standard InChI is InChI=1S/C20H23N5O2/c1-14-13-15(2)22-20(21-14)25-10-9-24(11-12-27-25)19(26)17-5-4-6-18-16(17)7-8-23(18)3/h4-8,13H,9-12H2,1-3H3. The van der Waals surface area contributed by atoms with E-state index in [1.165, 1.54) is 0 Å². The van der Waals surface area contributed by atoms with Gasteiger partial charge in [0.2, 0.25) is 5.95 Å². The summed E-state index contributed by atoms with van der Waals surface area (Å²) in [6.07, 6.45) is 1.98. The molecule has 140 valence electrons. The molecule has 1 aliphatic heterocycles. The minimum absolute atomic E-state index is 0.0265. The lowest BCUT2D eigenvalue weighted by atomic mass is 10.1. The minimum Gasteiger partial charge on any atom is -0.351 e. The van der Waals surface area contributed by atoms with Gasteiger partial charge in [-0.3, -0.25) is 9.63 Å². The summed E-state index contributed by atoms with van der Waals surface area (Å²) in [4.78, 5) is 29.7. The van der Waals surface area contributed by atoms with Gasteiger partial charge >= 0.3 is 0 Å². The Labute approximate surface area is 158 Å². The molecule has 0 unspecified atom stereocenters. The quantitative estimate of drug-likeness (QED) is 0.698. The van der Waals surface area contributed by atoms with Crippen molar-refractivity contribution in [3.63, 3.8) is 0 Å². The van der Waals surface area contributed by atoms with E-state index in [9.17, 15) is 4.79 Å². The minimum atomic E-state index is 0.0265. The molecule has 0 bridgehead atoms. The number of hydrogen-bond donors (Lipinski definition) is 0. The van der Waals surface area contributed by atoms with E-state index in [0.717, 1.165) is 27.9 Å². The first-order valence-corrected chi connectivity index (χ1v) is 9.09. The number of nitrogens with zero attached hydrogens (tertiary/aromatic N) is 5. The van der Waals surface area contributed by atoms with Crippen LogP contribution in [0.25, 0.3) is 10.9 Å². The van der Waals surface area contributed by atoms with Gasteiger partial charge in [-0.15, -0.1) is 0 Å². The highest BCUT2D eigenvalue weighted by Gasteiger charge is 2.24. The molecule has 3 heterocycles. The first kappa shape index (κ1) is 17.5. The number of aryl methyl sites for hydroxylation is 3. The first-order valence-electron chi connectivity index (χ1n) is 9.09. The van der Waals surface area contributed by atoms with Gasteiger partial charge in [0.1, 0.15) is 0 Å². The zero-order valence-corrected chi connectivity index (χ0v) is 15.8. The second-order valence-corrected chi connectivity index (χ2v) is 6.84. The van der Waals surface area contributed by atoms with Crippen molar-refractivity contribution in [1.29, 1.82) is 0 Å². The van der Waals surface area contributed by atoms with E-state index in [-0.39, 0.29) is 5.91 Å². The van der Waals surface area contributed by atoms with Crippen LogP contribution < -0.4 is 5.06 Å². The molecule has 2 aromatic heterocycles. The number of hydrogen-bond acceptors (Lipinski definition) is 5. The number of aromatic nitrogens is 3. The van der Waals surface area contributed by atoms with E-state index in [2.05, 4.69) is 9.97 Å². The van der Waals surface area contributed by atoms with Crippen molar-refractivity contribution >= 4 is 22.8 Å². The van der Waals surface area contributed by atoms with Crippen LogP contribution in [-0.4, -0.2) is 51.6 Å². The molecule has 7 nitrogen and oxygen atoms in total.